The number of ether oxygens (including phenoxy) is 3. The van der Waals surface area contributed by atoms with Crippen molar-refractivity contribution in [1.82, 2.24) is 10.6 Å². The predicted molar refractivity (Wildman–Crippen MR) is 101 cm³/mol. The van der Waals surface area contributed by atoms with E-state index in [9.17, 15) is 14.4 Å². The van der Waals surface area contributed by atoms with Crippen molar-refractivity contribution >= 4 is 12.0 Å². The van der Waals surface area contributed by atoms with E-state index >= 15 is 0 Å². The molecule has 0 saturated carbocycles. The fourth-order valence-corrected chi connectivity index (χ4v) is 2.44. The van der Waals surface area contributed by atoms with E-state index < -0.39 is 28.6 Å². The summed E-state index contributed by atoms with van der Waals surface area (Å²) in [5.74, 6) is -0.936. The van der Waals surface area contributed by atoms with Gasteiger partial charge >= 0.3 is 6.09 Å². The minimum atomic E-state index is -0.816. The number of unbranched alkanes of at least 4 members (excludes halogenated alkanes) is 1. The first-order valence-corrected chi connectivity index (χ1v) is 9.27. The molecule has 2 N–H and O–H groups in total. The van der Waals surface area contributed by atoms with Crippen molar-refractivity contribution in [2.24, 2.45) is 0 Å². The SMILES string of the molecule is CCCCOc1c(C(=O)NC2(CNC(=O)OC(C)(C)C)COC2)occc1=O. The molecule has 0 aliphatic carbocycles. The molecule has 1 aromatic rings. The van der Waals surface area contributed by atoms with Crippen LogP contribution < -0.4 is 20.8 Å². The smallest absolute Gasteiger partial charge is 0.407 e. The Morgan fingerprint density at radius 3 is 2.57 bits per heavy atom. The van der Waals surface area contributed by atoms with Crippen molar-refractivity contribution in [3.05, 3.63) is 28.3 Å². The van der Waals surface area contributed by atoms with E-state index in [1.807, 2.05) is 6.92 Å². The van der Waals surface area contributed by atoms with Crippen LogP contribution in [0.25, 0.3) is 0 Å². The molecule has 0 spiro atoms. The fourth-order valence-electron chi connectivity index (χ4n) is 2.44. The van der Waals surface area contributed by atoms with Crippen molar-refractivity contribution in [2.75, 3.05) is 26.4 Å². The Hall–Kier alpha value is -2.55. The van der Waals surface area contributed by atoms with Crippen LogP contribution in [0.1, 0.15) is 51.1 Å². The van der Waals surface area contributed by atoms with Gasteiger partial charge in [0.15, 0.2) is 0 Å². The molecule has 9 nitrogen and oxygen atoms in total. The summed E-state index contributed by atoms with van der Waals surface area (Å²) in [4.78, 5) is 36.7. The number of alkyl carbamates (subject to hydrolysis) is 1. The van der Waals surface area contributed by atoms with Crippen LogP contribution >= 0.6 is 0 Å². The van der Waals surface area contributed by atoms with Crippen molar-refractivity contribution in [1.29, 1.82) is 0 Å². The van der Waals surface area contributed by atoms with Gasteiger partial charge in [0.1, 0.15) is 11.1 Å². The zero-order valence-electron chi connectivity index (χ0n) is 16.8. The zero-order valence-corrected chi connectivity index (χ0v) is 16.8. The van der Waals surface area contributed by atoms with Crippen LogP contribution in [0.4, 0.5) is 4.79 Å². The lowest BCUT2D eigenvalue weighted by atomic mass is 9.97. The van der Waals surface area contributed by atoms with Crippen molar-refractivity contribution in [3.63, 3.8) is 0 Å². The fraction of sp³-hybridized carbons (Fsp3) is 0.632. The summed E-state index contributed by atoms with van der Waals surface area (Å²) in [5, 5.41) is 5.40. The Balaban J connectivity index is 2.05. The van der Waals surface area contributed by atoms with E-state index in [0.717, 1.165) is 19.1 Å². The van der Waals surface area contributed by atoms with Gasteiger partial charge in [-0.3, -0.25) is 9.59 Å². The minimum absolute atomic E-state index is 0.108. The quantitative estimate of drug-likeness (QED) is 0.644. The van der Waals surface area contributed by atoms with Gasteiger partial charge in [0.05, 0.1) is 26.1 Å². The number of carbonyl (C=O) groups excluding carboxylic acids is 2. The number of nitrogens with one attached hydrogen (secondary N) is 2. The maximum atomic E-state index is 12.7. The lowest BCUT2D eigenvalue weighted by Gasteiger charge is -2.41. The Kier molecular flexibility index (Phi) is 7.06. The third kappa shape index (κ3) is 5.98. The molecule has 0 atom stereocenters. The largest absolute Gasteiger partial charge is 0.486 e. The van der Waals surface area contributed by atoms with Gasteiger partial charge in [-0.15, -0.1) is 0 Å². The monoisotopic (exact) mass is 396 g/mol. The molecule has 9 heteroatoms. The summed E-state index contributed by atoms with van der Waals surface area (Å²) in [5.41, 5.74) is -1.88. The molecule has 1 aliphatic heterocycles. The Morgan fingerprint density at radius 2 is 2.00 bits per heavy atom. The molecule has 0 radical (unpaired) electrons. The van der Waals surface area contributed by atoms with Crippen LogP contribution in [0.15, 0.2) is 21.5 Å². The number of hydrogen-bond acceptors (Lipinski definition) is 7. The summed E-state index contributed by atoms with van der Waals surface area (Å²) in [7, 11) is 0. The zero-order chi connectivity index (χ0) is 20.8. The summed E-state index contributed by atoms with van der Waals surface area (Å²) < 4.78 is 21.1. The Labute approximate surface area is 163 Å². The van der Waals surface area contributed by atoms with Gasteiger partial charge in [0.25, 0.3) is 5.91 Å². The van der Waals surface area contributed by atoms with E-state index in [-0.39, 0.29) is 31.3 Å². The molecule has 1 aliphatic rings. The van der Waals surface area contributed by atoms with Crippen LogP contribution in [-0.2, 0) is 9.47 Å². The second kappa shape index (κ2) is 9.09. The second-order valence-electron chi connectivity index (χ2n) is 7.73. The predicted octanol–water partition coefficient (Wildman–Crippen LogP) is 1.84. The van der Waals surface area contributed by atoms with Gasteiger partial charge < -0.3 is 29.3 Å². The average Bonchev–Trinajstić information content (AvgIpc) is 2.57. The maximum Gasteiger partial charge on any atom is 0.407 e. The molecular formula is C19H28N2O7. The highest BCUT2D eigenvalue weighted by Gasteiger charge is 2.42. The van der Waals surface area contributed by atoms with Gasteiger partial charge in [-0.1, -0.05) is 13.3 Å². The number of hydrogen-bond donors (Lipinski definition) is 2. The van der Waals surface area contributed by atoms with Crippen molar-refractivity contribution < 1.29 is 28.2 Å². The molecule has 0 unspecified atom stereocenters. The number of rotatable bonds is 8. The normalized spacial score (nSPS) is 15.3. The molecule has 0 aromatic carbocycles. The van der Waals surface area contributed by atoms with Crippen LogP contribution in [0, 0.1) is 0 Å². The molecular weight excluding hydrogens is 368 g/mol. The third-order valence-electron chi connectivity index (χ3n) is 3.89. The topological polar surface area (TPSA) is 116 Å². The van der Waals surface area contributed by atoms with Gasteiger partial charge in [0, 0.05) is 12.6 Å². The molecule has 0 bridgehead atoms. The highest BCUT2D eigenvalue weighted by Crippen LogP contribution is 2.20. The summed E-state index contributed by atoms with van der Waals surface area (Å²) in [6.07, 6.45) is 2.18. The molecule has 2 heterocycles. The van der Waals surface area contributed by atoms with E-state index in [1.165, 1.54) is 6.07 Å². The summed E-state index contributed by atoms with van der Waals surface area (Å²) in [6, 6.07) is 1.20. The highest BCUT2D eigenvalue weighted by molar-refractivity contribution is 5.94. The maximum absolute atomic E-state index is 12.7. The Morgan fingerprint density at radius 1 is 1.29 bits per heavy atom. The number of amides is 2. The molecule has 1 saturated heterocycles. The van der Waals surface area contributed by atoms with Gasteiger partial charge in [0.2, 0.25) is 16.9 Å². The summed E-state index contributed by atoms with van der Waals surface area (Å²) >= 11 is 0. The van der Waals surface area contributed by atoms with E-state index in [4.69, 9.17) is 18.6 Å². The lowest BCUT2D eigenvalue weighted by Crippen LogP contribution is -2.67. The highest BCUT2D eigenvalue weighted by atomic mass is 16.6. The first kappa shape index (κ1) is 21.7. The molecule has 1 aromatic heterocycles. The van der Waals surface area contributed by atoms with E-state index in [0.29, 0.717) is 6.61 Å². The van der Waals surface area contributed by atoms with Crippen molar-refractivity contribution in [2.45, 2.75) is 51.7 Å². The average molecular weight is 396 g/mol. The molecule has 28 heavy (non-hydrogen) atoms. The molecule has 156 valence electrons. The molecule has 1 fully saturated rings. The van der Waals surface area contributed by atoms with E-state index in [1.54, 1.807) is 20.8 Å². The number of carbonyl (C=O) groups is 2. The van der Waals surface area contributed by atoms with Gasteiger partial charge in [-0.25, -0.2) is 4.79 Å². The van der Waals surface area contributed by atoms with Crippen LogP contribution in [-0.4, -0.2) is 49.5 Å². The van der Waals surface area contributed by atoms with Crippen LogP contribution in [0.2, 0.25) is 0 Å². The molecule has 2 amide bonds. The third-order valence-corrected chi connectivity index (χ3v) is 3.89. The lowest BCUT2D eigenvalue weighted by molar-refractivity contribution is -0.0687. The van der Waals surface area contributed by atoms with Crippen LogP contribution in [0.5, 0.6) is 5.75 Å². The van der Waals surface area contributed by atoms with Crippen LogP contribution in [0.3, 0.4) is 0 Å². The van der Waals surface area contributed by atoms with E-state index in [2.05, 4.69) is 10.6 Å². The first-order valence-electron chi connectivity index (χ1n) is 9.27. The van der Waals surface area contributed by atoms with Gasteiger partial charge in [-0.2, -0.15) is 0 Å². The second-order valence-corrected chi connectivity index (χ2v) is 7.73. The first-order chi connectivity index (χ1) is 13.2. The minimum Gasteiger partial charge on any atom is -0.486 e. The Bertz CT molecular complexity index is 747. The van der Waals surface area contributed by atoms with Gasteiger partial charge in [-0.05, 0) is 27.2 Å². The van der Waals surface area contributed by atoms with Crippen molar-refractivity contribution in [3.8, 4) is 5.75 Å². The summed E-state index contributed by atoms with van der Waals surface area (Å²) in [6.45, 7) is 8.09. The molecule has 2 rings (SSSR count). The standard InChI is InChI=1S/C19H28N2O7/c1-5-6-8-26-14-13(22)7-9-27-15(14)16(23)21-19(11-25-12-19)10-20-17(24)28-18(2,3)4/h7,9H,5-6,8,10-12H2,1-4H3,(H,20,24)(H,21,23).